The maximum atomic E-state index is 13.3. The third-order valence-corrected chi connectivity index (χ3v) is 4.02. The summed E-state index contributed by atoms with van der Waals surface area (Å²) in [5, 5.41) is 5.95. The lowest BCUT2D eigenvalue weighted by molar-refractivity contribution is 0.628. The summed E-state index contributed by atoms with van der Waals surface area (Å²) in [4.78, 5) is 0. The van der Waals surface area contributed by atoms with Crippen LogP contribution in [0, 0.1) is 5.82 Å². The van der Waals surface area contributed by atoms with Crippen LogP contribution in [0.3, 0.4) is 0 Å². The highest BCUT2D eigenvalue weighted by molar-refractivity contribution is 5.86. The molecule has 0 saturated heterocycles. The van der Waals surface area contributed by atoms with E-state index >= 15 is 0 Å². The maximum absolute atomic E-state index is 13.3. The van der Waals surface area contributed by atoms with Crippen LogP contribution in [0.5, 0.6) is 0 Å². The molecule has 1 heterocycles. The summed E-state index contributed by atoms with van der Waals surface area (Å²) in [5.74, 6) is -0.185. The minimum absolute atomic E-state index is 0.185. The van der Waals surface area contributed by atoms with Gasteiger partial charge in [-0.3, -0.25) is 0 Å². The third-order valence-electron chi connectivity index (χ3n) is 4.02. The molecule has 0 radical (unpaired) electrons. The Bertz CT molecular complexity index is 789. The highest BCUT2D eigenvalue weighted by Gasteiger charge is 2.23. The molecular formula is C18H14FN. The summed E-state index contributed by atoms with van der Waals surface area (Å²) in [6.07, 6.45) is 0.906. The van der Waals surface area contributed by atoms with Gasteiger partial charge in [0.2, 0.25) is 0 Å². The summed E-state index contributed by atoms with van der Waals surface area (Å²) < 4.78 is 13.3. The van der Waals surface area contributed by atoms with Crippen LogP contribution in [-0.4, -0.2) is 0 Å². The van der Waals surface area contributed by atoms with Crippen LogP contribution in [0.1, 0.15) is 17.2 Å². The molecule has 1 N–H and O–H groups in total. The van der Waals surface area contributed by atoms with Gasteiger partial charge in [0.15, 0.2) is 0 Å². The topological polar surface area (TPSA) is 12.0 Å². The average Bonchev–Trinajstić information content (AvgIpc) is 2.89. The summed E-state index contributed by atoms with van der Waals surface area (Å²) in [7, 11) is 0. The van der Waals surface area contributed by atoms with E-state index in [4.69, 9.17) is 0 Å². The van der Waals surface area contributed by atoms with Crippen LogP contribution in [-0.2, 0) is 6.42 Å². The van der Waals surface area contributed by atoms with E-state index in [0.29, 0.717) is 0 Å². The zero-order valence-corrected chi connectivity index (χ0v) is 10.9. The van der Waals surface area contributed by atoms with Gasteiger partial charge < -0.3 is 5.32 Å². The van der Waals surface area contributed by atoms with Gasteiger partial charge in [0.25, 0.3) is 0 Å². The second-order valence-electron chi connectivity index (χ2n) is 5.27. The first-order valence-corrected chi connectivity index (χ1v) is 6.84. The van der Waals surface area contributed by atoms with Crippen molar-refractivity contribution < 1.29 is 4.39 Å². The number of benzene rings is 3. The minimum Gasteiger partial charge on any atom is -0.378 e. The molecule has 3 aromatic rings. The molecule has 0 spiro atoms. The number of rotatable bonds is 1. The highest BCUT2D eigenvalue weighted by Crippen LogP contribution is 2.37. The molecule has 20 heavy (non-hydrogen) atoms. The number of halogens is 1. The summed E-state index contributed by atoms with van der Waals surface area (Å²) in [5.41, 5.74) is 3.38. The van der Waals surface area contributed by atoms with Crippen LogP contribution in [0.15, 0.2) is 60.7 Å². The van der Waals surface area contributed by atoms with Gasteiger partial charge in [-0.1, -0.05) is 48.5 Å². The molecule has 1 nitrogen and oxygen atoms in total. The lowest BCUT2D eigenvalue weighted by Gasteiger charge is -2.14. The standard InChI is InChI=1S/C18H14FN/c19-14-9-8-13-10-18(20-17(13)11-14)16-7-3-5-12-4-1-2-6-15(12)16/h1-9,11,18,20H,10H2. The lowest BCUT2D eigenvalue weighted by atomic mass is 9.97. The van der Waals surface area contributed by atoms with Crippen molar-refractivity contribution in [1.82, 2.24) is 0 Å². The zero-order valence-electron chi connectivity index (χ0n) is 10.9. The number of anilines is 1. The SMILES string of the molecule is Fc1ccc2c(c1)NC(c1cccc3ccccc13)C2. The van der Waals surface area contributed by atoms with Crippen molar-refractivity contribution >= 4 is 16.5 Å². The largest absolute Gasteiger partial charge is 0.378 e. The Balaban J connectivity index is 1.79. The van der Waals surface area contributed by atoms with Gasteiger partial charge in [0.05, 0.1) is 6.04 Å². The molecule has 98 valence electrons. The second kappa shape index (κ2) is 4.34. The van der Waals surface area contributed by atoms with E-state index in [1.165, 1.54) is 28.0 Å². The Morgan fingerprint density at radius 2 is 1.80 bits per heavy atom. The number of hydrogen-bond acceptors (Lipinski definition) is 1. The van der Waals surface area contributed by atoms with Crippen molar-refractivity contribution in [2.75, 3.05) is 5.32 Å². The van der Waals surface area contributed by atoms with Crippen LogP contribution in [0.2, 0.25) is 0 Å². The zero-order chi connectivity index (χ0) is 13.5. The summed E-state index contributed by atoms with van der Waals surface area (Å²) in [6.45, 7) is 0. The normalized spacial score (nSPS) is 16.9. The molecule has 0 saturated carbocycles. The predicted octanol–water partition coefficient (Wildman–Crippen LogP) is 4.69. The monoisotopic (exact) mass is 263 g/mol. The van der Waals surface area contributed by atoms with Crippen molar-refractivity contribution in [3.05, 3.63) is 77.6 Å². The average molecular weight is 263 g/mol. The predicted molar refractivity (Wildman–Crippen MR) is 80.4 cm³/mol. The van der Waals surface area contributed by atoms with Crippen molar-refractivity contribution in [2.24, 2.45) is 0 Å². The molecule has 1 unspecified atom stereocenters. The van der Waals surface area contributed by atoms with Gasteiger partial charge in [-0.05, 0) is 40.5 Å². The van der Waals surface area contributed by atoms with E-state index in [1.807, 2.05) is 6.07 Å². The Morgan fingerprint density at radius 3 is 2.75 bits per heavy atom. The Hall–Kier alpha value is -2.35. The van der Waals surface area contributed by atoms with Crippen molar-refractivity contribution in [1.29, 1.82) is 0 Å². The van der Waals surface area contributed by atoms with Crippen molar-refractivity contribution in [2.45, 2.75) is 12.5 Å². The minimum atomic E-state index is -0.185. The quantitative estimate of drug-likeness (QED) is 0.671. The van der Waals surface area contributed by atoms with Crippen molar-refractivity contribution in [3.8, 4) is 0 Å². The number of nitrogens with one attached hydrogen (secondary N) is 1. The molecule has 1 aliphatic rings. The Kier molecular flexibility index (Phi) is 2.49. The Labute approximate surface area is 117 Å². The van der Waals surface area contributed by atoms with Gasteiger partial charge >= 0.3 is 0 Å². The molecule has 4 rings (SSSR count). The van der Waals surface area contributed by atoms with E-state index < -0.39 is 0 Å². The summed E-state index contributed by atoms with van der Waals surface area (Å²) >= 11 is 0. The van der Waals surface area contributed by atoms with Crippen LogP contribution in [0.4, 0.5) is 10.1 Å². The molecule has 1 aliphatic heterocycles. The fourth-order valence-corrected chi connectivity index (χ4v) is 3.06. The molecule has 0 fully saturated rings. The van der Waals surface area contributed by atoms with Crippen LogP contribution in [0.25, 0.3) is 10.8 Å². The molecule has 0 bridgehead atoms. The maximum Gasteiger partial charge on any atom is 0.125 e. The highest BCUT2D eigenvalue weighted by atomic mass is 19.1. The molecule has 2 heteroatoms. The lowest BCUT2D eigenvalue weighted by Crippen LogP contribution is -2.06. The molecule has 0 aliphatic carbocycles. The van der Waals surface area contributed by atoms with E-state index in [9.17, 15) is 4.39 Å². The first-order valence-electron chi connectivity index (χ1n) is 6.84. The fraction of sp³-hybridized carbons (Fsp3) is 0.111. The van der Waals surface area contributed by atoms with Crippen LogP contribution < -0.4 is 5.32 Å². The van der Waals surface area contributed by atoms with Crippen LogP contribution >= 0.6 is 0 Å². The Morgan fingerprint density at radius 1 is 0.950 bits per heavy atom. The van der Waals surface area contributed by atoms with Gasteiger partial charge in [-0.2, -0.15) is 0 Å². The van der Waals surface area contributed by atoms with Gasteiger partial charge in [0.1, 0.15) is 5.82 Å². The number of hydrogen-bond donors (Lipinski definition) is 1. The third kappa shape index (κ3) is 1.76. The van der Waals surface area contributed by atoms with E-state index in [0.717, 1.165) is 12.1 Å². The molecule has 1 atom stereocenters. The van der Waals surface area contributed by atoms with Gasteiger partial charge in [-0.15, -0.1) is 0 Å². The summed E-state index contributed by atoms with van der Waals surface area (Å²) in [6, 6.07) is 20.0. The molecule has 0 amide bonds. The molecule has 0 aromatic heterocycles. The fourth-order valence-electron chi connectivity index (χ4n) is 3.06. The first kappa shape index (κ1) is 11.5. The van der Waals surface area contributed by atoms with Gasteiger partial charge in [-0.25, -0.2) is 4.39 Å². The molecule has 3 aromatic carbocycles. The second-order valence-corrected chi connectivity index (χ2v) is 5.27. The molecular weight excluding hydrogens is 249 g/mol. The smallest absolute Gasteiger partial charge is 0.125 e. The van der Waals surface area contributed by atoms with E-state index in [1.54, 1.807) is 6.07 Å². The van der Waals surface area contributed by atoms with Gasteiger partial charge in [0, 0.05) is 5.69 Å². The van der Waals surface area contributed by atoms with E-state index in [-0.39, 0.29) is 11.9 Å². The number of fused-ring (bicyclic) bond motifs is 2. The first-order chi connectivity index (χ1) is 9.81. The van der Waals surface area contributed by atoms with Crippen molar-refractivity contribution in [3.63, 3.8) is 0 Å². The van der Waals surface area contributed by atoms with E-state index in [2.05, 4.69) is 47.8 Å².